The van der Waals surface area contributed by atoms with Gasteiger partial charge in [0.2, 0.25) is 5.91 Å². The Morgan fingerprint density at radius 2 is 1.97 bits per heavy atom. The minimum absolute atomic E-state index is 0.0919. The number of hydrogen-bond donors (Lipinski definition) is 0. The van der Waals surface area contributed by atoms with Gasteiger partial charge in [0.1, 0.15) is 9.86 Å². The lowest BCUT2D eigenvalue weighted by molar-refractivity contribution is -0.133. The highest BCUT2D eigenvalue weighted by Gasteiger charge is 2.24. The van der Waals surface area contributed by atoms with Gasteiger partial charge in [-0.15, -0.1) is 11.3 Å². The molecule has 1 saturated heterocycles. The number of thiophene rings is 1. The van der Waals surface area contributed by atoms with Crippen molar-refractivity contribution in [3.05, 3.63) is 53.8 Å². The van der Waals surface area contributed by atoms with E-state index >= 15 is 0 Å². The lowest BCUT2D eigenvalue weighted by atomic mass is 10.2. The van der Waals surface area contributed by atoms with Crippen molar-refractivity contribution in [1.29, 1.82) is 0 Å². The first kappa shape index (κ1) is 21.9. The molecule has 0 atom stereocenters. The number of fused-ring (bicyclic) bond motifs is 1. The van der Waals surface area contributed by atoms with Crippen LogP contribution in [0.15, 0.2) is 52.3 Å². The average Bonchev–Trinajstić information content (AvgIpc) is 3.44. The van der Waals surface area contributed by atoms with E-state index in [-0.39, 0.29) is 5.91 Å². The Kier molecular flexibility index (Phi) is 6.71. The number of rotatable bonds is 8. The van der Waals surface area contributed by atoms with Gasteiger partial charge in [-0.2, -0.15) is 0 Å². The standard InChI is InChI=1S/C21H27N5O3S2/c1-23(31(28,29)21-8-5-15-30-21)9-4-7-20(27)25-13-11-24(12-14-25)16-18-17-26-10-3-2-6-19(26)22-18/h2-3,5-6,8,10,15,17H,4,7,9,11-14,16H2,1H3. The fraction of sp³-hybridized carbons (Fsp3) is 0.429. The lowest BCUT2D eigenvalue weighted by Crippen LogP contribution is -2.48. The van der Waals surface area contributed by atoms with Crippen LogP contribution in [0.5, 0.6) is 0 Å². The third-order valence-corrected chi connectivity index (χ3v) is 8.78. The minimum Gasteiger partial charge on any atom is -0.340 e. The smallest absolute Gasteiger partial charge is 0.252 e. The molecule has 10 heteroatoms. The molecule has 0 unspecified atom stereocenters. The summed E-state index contributed by atoms with van der Waals surface area (Å²) >= 11 is 1.21. The van der Waals surface area contributed by atoms with Crippen LogP contribution in [0, 0.1) is 0 Å². The van der Waals surface area contributed by atoms with Gasteiger partial charge in [0.15, 0.2) is 0 Å². The lowest BCUT2D eigenvalue weighted by Gasteiger charge is -2.34. The summed E-state index contributed by atoms with van der Waals surface area (Å²) in [5, 5.41) is 1.75. The molecule has 3 aromatic rings. The molecule has 8 nitrogen and oxygen atoms in total. The Labute approximate surface area is 186 Å². The van der Waals surface area contributed by atoms with Crippen LogP contribution < -0.4 is 0 Å². The van der Waals surface area contributed by atoms with Crippen LogP contribution in [0.4, 0.5) is 0 Å². The van der Waals surface area contributed by atoms with Gasteiger partial charge in [-0.3, -0.25) is 9.69 Å². The first-order valence-electron chi connectivity index (χ1n) is 10.4. The van der Waals surface area contributed by atoms with Crippen LogP contribution in [0.3, 0.4) is 0 Å². The van der Waals surface area contributed by atoms with E-state index in [9.17, 15) is 13.2 Å². The summed E-state index contributed by atoms with van der Waals surface area (Å²) in [5.74, 6) is 0.0919. The summed E-state index contributed by atoms with van der Waals surface area (Å²) in [7, 11) is -1.89. The highest BCUT2D eigenvalue weighted by Crippen LogP contribution is 2.20. The number of sulfonamides is 1. The molecule has 4 rings (SSSR count). The van der Waals surface area contributed by atoms with E-state index in [0.29, 0.717) is 36.7 Å². The number of hydrogen-bond acceptors (Lipinski definition) is 6. The van der Waals surface area contributed by atoms with Crippen LogP contribution in [0.2, 0.25) is 0 Å². The number of imidazole rings is 1. The van der Waals surface area contributed by atoms with Gasteiger partial charge in [0.25, 0.3) is 10.0 Å². The zero-order valence-electron chi connectivity index (χ0n) is 17.6. The van der Waals surface area contributed by atoms with Gasteiger partial charge in [-0.05, 0) is 30.0 Å². The SMILES string of the molecule is CN(CCCC(=O)N1CCN(Cc2cn3ccccc3n2)CC1)S(=O)(=O)c1cccs1. The van der Waals surface area contributed by atoms with Crippen molar-refractivity contribution in [2.75, 3.05) is 39.8 Å². The van der Waals surface area contributed by atoms with Crippen molar-refractivity contribution >= 4 is 32.9 Å². The summed E-state index contributed by atoms with van der Waals surface area (Å²) in [6.07, 6.45) is 4.91. The molecule has 1 fully saturated rings. The molecule has 0 aromatic carbocycles. The topological polar surface area (TPSA) is 78.2 Å². The predicted molar refractivity (Wildman–Crippen MR) is 120 cm³/mol. The number of amides is 1. The second kappa shape index (κ2) is 9.47. The Hall–Kier alpha value is -2.27. The molecular weight excluding hydrogens is 434 g/mol. The highest BCUT2D eigenvalue weighted by atomic mass is 32.2. The maximum absolute atomic E-state index is 12.6. The molecule has 1 aliphatic rings. The molecule has 1 amide bonds. The molecule has 0 saturated carbocycles. The van der Waals surface area contributed by atoms with Gasteiger partial charge in [-0.1, -0.05) is 12.1 Å². The Bertz CT molecular complexity index is 1090. The predicted octanol–water partition coefficient (Wildman–Crippen LogP) is 2.14. The monoisotopic (exact) mass is 461 g/mol. The highest BCUT2D eigenvalue weighted by molar-refractivity contribution is 7.91. The summed E-state index contributed by atoms with van der Waals surface area (Å²) < 4.78 is 28.6. The van der Waals surface area contributed by atoms with Crippen LogP contribution in [-0.2, 0) is 21.4 Å². The molecule has 0 spiro atoms. The quantitative estimate of drug-likeness (QED) is 0.514. The van der Waals surface area contributed by atoms with Gasteiger partial charge in [0.05, 0.1) is 5.69 Å². The first-order valence-corrected chi connectivity index (χ1v) is 12.7. The Morgan fingerprint density at radius 3 is 2.68 bits per heavy atom. The molecule has 0 aliphatic carbocycles. The zero-order valence-corrected chi connectivity index (χ0v) is 19.2. The minimum atomic E-state index is -3.45. The molecule has 0 radical (unpaired) electrons. The van der Waals surface area contributed by atoms with E-state index in [2.05, 4.69) is 9.88 Å². The molecule has 166 valence electrons. The van der Waals surface area contributed by atoms with Gasteiger partial charge in [-0.25, -0.2) is 17.7 Å². The number of aromatic nitrogens is 2. The Morgan fingerprint density at radius 1 is 1.16 bits per heavy atom. The van der Waals surface area contributed by atoms with Crippen molar-refractivity contribution in [1.82, 2.24) is 23.5 Å². The van der Waals surface area contributed by atoms with Crippen molar-refractivity contribution in [3.8, 4) is 0 Å². The summed E-state index contributed by atoms with van der Waals surface area (Å²) in [6.45, 7) is 4.11. The third kappa shape index (κ3) is 5.15. The number of carbonyl (C=O) groups excluding carboxylic acids is 1. The third-order valence-electron chi connectivity index (χ3n) is 5.55. The average molecular weight is 462 g/mol. The van der Waals surface area contributed by atoms with Gasteiger partial charge in [0, 0.05) is 65.1 Å². The van der Waals surface area contributed by atoms with Crippen LogP contribution in [0.25, 0.3) is 5.65 Å². The second-order valence-electron chi connectivity index (χ2n) is 7.72. The zero-order chi connectivity index (χ0) is 21.8. The van der Waals surface area contributed by atoms with E-state index < -0.39 is 10.0 Å². The second-order valence-corrected chi connectivity index (χ2v) is 10.9. The molecule has 3 aromatic heterocycles. The normalized spacial score (nSPS) is 15.7. The number of piperazine rings is 1. The molecule has 0 N–H and O–H groups in total. The van der Waals surface area contributed by atoms with Crippen LogP contribution >= 0.6 is 11.3 Å². The number of pyridine rings is 1. The molecule has 4 heterocycles. The number of nitrogens with zero attached hydrogens (tertiary/aromatic N) is 5. The summed E-state index contributed by atoms with van der Waals surface area (Å²) in [4.78, 5) is 21.4. The maximum atomic E-state index is 12.6. The van der Waals surface area contributed by atoms with E-state index in [4.69, 9.17) is 0 Å². The fourth-order valence-electron chi connectivity index (χ4n) is 3.74. The van der Waals surface area contributed by atoms with Gasteiger partial charge >= 0.3 is 0 Å². The van der Waals surface area contributed by atoms with Crippen molar-refractivity contribution in [2.45, 2.75) is 23.6 Å². The van der Waals surface area contributed by atoms with E-state index in [1.807, 2.05) is 39.9 Å². The van der Waals surface area contributed by atoms with Crippen molar-refractivity contribution < 1.29 is 13.2 Å². The largest absolute Gasteiger partial charge is 0.340 e. The van der Waals surface area contributed by atoms with Gasteiger partial charge < -0.3 is 9.30 Å². The summed E-state index contributed by atoms with van der Waals surface area (Å²) in [6, 6.07) is 9.28. The van der Waals surface area contributed by atoms with Crippen molar-refractivity contribution in [2.24, 2.45) is 0 Å². The summed E-state index contributed by atoms with van der Waals surface area (Å²) in [5.41, 5.74) is 1.97. The first-order chi connectivity index (χ1) is 14.9. The molecule has 31 heavy (non-hydrogen) atoms. The Balaban J connectivity index is 1.20. The number of carbonyl (C=O) groups is 1. The van der Waals surface area contributed by atoms with E-state index in [1.54, 1.807) is 24.6 Å². The van der Waals surface area contributed by atoms with E-state index in [1.165, 1.54) is 15.6 Å². The van der Waals surface area contributed by atoms with Crippen molar-refractivity contribution in [3.63, 3.8) is 0 Å². The fourth-order valence-corrected chi connectivity index (χ4v) is 6.15. The van der Waals surface area contributed by atoms with Crippen LogP contribution in [-0.4, -0.2) is 77.6 Å². The van der Waals surface area contributed by atoms with E-state index in [0.717, 1.165) is 31.0 Å². The molecular formula is C21H27N5O3S2. The molecule has 1 aliphatic heterocycles. The molecule has 0 bridgehead atoms. The van der Waals surface area contributed by atoms with Crippen LogP contribution in [0.1, 0.15) is 18.5 Å². The maximum Gasteiger partial charge on any atom is 0.252 e.